The summed E-state index contributed by atoms with van der Waals surface area (Å²) < 4.78 is 42.6. The highest BCUT2D eigenvalue weighted by molar-refractivity contribution is 5.84. The molecule has 0 fully saturated rings. The van der Waals surface area contributed by atoms with E-state index in [1.54, 1.807) is 6.92 Å². The van der Waals surface area contributed by atoms with E-state index in [1.807, 2.05) is 0 Å². The highest BCUT2D eigenvalue weighted by atomic mass is 19.4. The summed E-state index contributed by atoms with van der Waals surface area (Å²) in [7, 11) is 0. The summed E-state index contributed by atoms with van der Waals surface area (Å²) in [5, 5.41) is 15.8. The molecule has 0 aliphatic carbocycles. The zero-order chi connectivity index (χ0) is 19.2. The molecule has 0 saturated heterocycles. The van der Waals surface area contributed by atoms with Gasteiger partial charge in [0.2, 0.25) is 0 Å². The third-order valence-electron chi connectivity index (χ3n) is 2.97. The monoisotopic (exact) mass is 363 g/mol. The number of nitrogens with one attached hydrogen (secondary N) is 2. The molecule has 2 N–H and O–H groups in total. The minimum atomic E-state index is -4.74. The van der Waals surface area contributed by atoms with E-state index < -0.39 is 46.9 Å². The second kappa shape index (κ2) is 8.31. The first-order chi connectivity index (χ1) is 11.6. The molecule has 1 amide bonds. The number of nitrogens with zero attached hydrogens (tertiary/aromatic N) is 1. The summed E-state index contributed by atoms with van der Waals surface area (Å²) in [5.41, 5.74) is -2.30. The summed E-state index contributed by atoms with van der Waals surface area (Å²) in [4.78, 5) is 32.9. The lowest BCUT2D eigenvalue weighted by Gasteiger charge is -2.15. The van der Waals surface area contributed by atoms with Gasteiger partial charge in [-0.05, 0) is 26.0 Å². The first kappa shape index (κ1) is 20.2. The fraction of sp³-hybridized carbons (Fsp3) is 0.429. The van der Waals surface area contributed by atoms with Gasteiger partial charge >= 0.3 is 12.1 Å². The molecule has 0 unspecified atom stereocenters. The van der Waals surface area contributed by atoms with Gasteiger partial charge in [-0.2, -0.15) is 13.2 Å². The van der Waals surface area contributed by atoms with Crippen LogP contribution in [0, 0.1) is 10.1 Å². The van der Waals surface area contributed by atoms with E-state index in [4.69, 9.17) is 4.74 Å². The summed E-state index contributed by atoms with van der Waals surface area (Å²) >= 11 is 0. The number of hydrogen-bond acceptors (Lipinski definition) is 6. The molecule has 0 heterocycles. The fourth-order valence-electron chi connectivity index (χ4n) is 1.78. The Hall–Kier alpha value is -2.85. The predicted octanol–water partition coefficient (Wildman–Crippen LogP) is 2.09. The molecule has 1 atom stereocenters. The molecule has 11 heteroatoms. The zero-order valence-corrected chi connectivity index (χ0v) is 13.3. The standard InChI is InChI=1S/C14H16F3N3O5/c1-3-18-12(21)7-25-13(22)8(2)19-10-5-4-9(14(15,16)17)6-11(10)20(23)24/h4-6,8,19H,3,7H2,1-2H3,(H,18,21)/t8-/m0/s1. The lowest BCUT2D eigenvalue weighted by Crippen LogP contribution is -2.33. The summed E-state index contributed by atoms with van der Waals surface area (Å²) in [6, 6.07) is 0.760. The van der Waals surface area contributed by atoms with E-state index >= 15 is 0 Å². The van der Waals surface area contributed by atoms with Crippen molar-refractivity contribution in [3.8, 4) is 0 Å². The Labute approximate surface area is 140 Å². The number of esters is 1. The maximum atomic E-state index is 12.6. The minimum absolute atomic E-state index is 0.277. The van der Waals surface area contributed by atoms with Crippen LogP contribution in [0.1, 0.15) is 19.4 Å². The number of nitro benzene ring substituents is 1. The van der Waals surface area contributed by atoms with Crippen molar-refractivity contribution >= 4 is 23.3 Å². The molecular weight excluding hydrogens is 347 g/mol. The topological polar surface area (TPSA) is 111 Å². The Bertz CT molecular complexity index is 664. The van der Waals surface area contributed by atoms with Crippen LogP contribution in [-0.2, 0) is 20.5 Å². The van der Waals surface area contributed by atoms with Gasteiger partial charge in [-0.3, -0.25) is 14.9 Å². The number of anilines is 1. The first-order valence-corrected chi connectivity index (χ1v) is 7.11. The van der Waals surface area contributed by atoms with E-state index in [-0.39, 0.29) is 5.69 Å². The quantitative estimate of drug-likeness (QED) is 0.436. The molecule has 0 bridgehead atoms. The van der Waals surface area contributed by atoms with Gasteiger partial charge in [0, 0.05) is 12.6 Å². The van der Waals surface area contributed by atoms with E-state index in [2.05, 4.69) is 10.6 Å². The molecule has 0 radical (unpaired) electrons. The molecule has 0 aliphatic heterocycles. The fourth-order valence-corrected chi connectivity index (χ4v) is 1.78. The number of carbonyl (C=O) groups excluding carboxylic acids is 2. The number of carbonyl (C=O) groups is 2. The van der Waals surface area contributed by atoms with Gasteiger partial charge in [-0.25, -0.2) is 4.79 Å². The van der Waals surface area contributed by atoms with Crippen LogP contribution in [0.5, 0.6) is 0 Å². The number of benzene rings is 1. The lowest BCUT2D eigenvalue weighted by molar-refractivity contribution is -0.384. The van der Waals surface area contributed by atoms with Crippen molar-refractivity contribution in [2.75, 3.05) is 18.5 Å². The van der Waals surface area contributed by atoms with Crippen molar-refractivity contribution < 1.29 is 32.4 Å². The molecule has 0 aromatic heterocycles. The van der Waals surface area contributed by atoms with Gasteiger partial charge < -0.3 is 15.4 Å². The van der Waals surface area contributed by atoms with Gasteiger partial charge in [-0.15, -0.1) is 0 Å². The number of hydrogen-bond donors (Lipinski definition) is 2. The summed E-state index contributed by atoms with van der Waals surface area (Å²) in [6.45, 7) is 2.78. The molecule has 1 aromatic rings. The SMILES string of the molecule is CCNC(=O)COC(=O)[C@H](C)Nc1ccc(C(F)(F)F)cc1[N+](=O)[O-]. The number of nitro groups is 1. The van der Waals surface area contributed by atoms with Crippen molar-refractivity contribution in [3.63, 3.8) is 0 Å². The smallest absolute Gasteiger partial charge is 0.416 e. The van der Waals surface area contributed by atoms with Crippen LogP contribution in [-0.4, -0.2) is 36.0 Å². The van der Waals surface area contributed by atoms with Crippen LogP contribution in [0.3, 0.4) is 0 Å². The first-order valence-electron chi connectivity index (χ1n) is 7.11. The predicted molar refractivity (Wildman–Crippen MR) is 80.8 cm³/mol. The van der Waals surface area contributed by atoms with E-state index in [0.717, 1.165) is 6.07 Å². The molecule has 138 valence electrons. The number of halogens is 3. The number of alkyl halides is 3. The number of ether oxygens (including phenoxy) is 1. The minimum Gasteiger partial charge on any atom is -0.454 e. The molecule has 8 nitrogen and oxygen atoms in total. The molecule has 25 heavy (non-hydrogen) atoms. The Balaban J connectivity index is 2.85. The number of amides is 1. The third kappa shape index (κ3) is 5.94. The third-order valence-corrected chi connectivity index (χ3v) is 2.97. The maximum Gasteiger partial charge on any atom is 0.416 e. The van der Waals surface area contributed by atoms with E-state index in [1.165, 1.54) is 6.92 Å². The Kier molecular flexibility index (Phi) is 6.71. The second-order valence-corrected chi connectivity index (χ2v) is 4.91. The Morgan fingerprint density at radius 1 is 1.36 bits per heavy atom. The molecule has 0 spiro atoms. The van der Waals surface area contributed by atoms with Crippen LogP contribution in [0.4, 0.5) is 24.5 Å². The maximum absolute atomic E-state index is 12.6. The van der Waals surface area contributed by atoms with Crippen molar-refractivity contribution in [2.24, 2.45) is 0 Å². The van der Waals surface area contributed by atoms with Crippen LogP contribution >= 0.6 is 0 Å². The molecule has 1 rings (SSSR count). The van der Waals surface area contributed by atoms with Gasteiger partial charge in [0.05, 0.1) is 10.5 Å². The second-order valence-electron chi connectivity index (χ2n) is 4.91. The molecule has 0 aliphatic rings. The van der Waals surface area contributed by atoms with Gasteiger partial charge in [0.1, 0.15) is 11.7 Å². The van der Waals surface area contributed by atoms with Crippen molar-refractivity contribution in [3.05, 3.63) is 33.9 Å². The summed E-state index contributed by atoms with van der Waals surface area (Å²) in [5.74, 6) is -1.41. The summed E-state index contributed by atoms with van der Waals surface area (Å²) in [6.07, 6.45) is -4.74. The van der Waals surface area contributed by atoms with E-state index in [9.17, 15) is 32.9 Å². The van der Waals surface area contributed by atoms with Crippen LogP contribution in [0.2, 0.25) is 0 Å². The molecule has 1 aromatic carbocycles. The normalized spacial score (nSPS) is 12.2. The highest BCUT2D eigenvalue weighted by Gasteiger charge is 2.33. The lowest BCUT2D eigenvalue weighted by atomic mass is 10.1. The van der Waals surface area contributed by atoms with Crippen molar-refractivity contribution in [2.45, 2.75) is 26.1 Å². The zero-order valence-electron chi connectivity index (χ0n) is 13.3. The van der Waals surface area contributed by atoms with Gasteiger partial charge in [0.25, 0.3) is 11.6 Å². The molecule has 0 saturated carbocycles. The largest absolute Gasteiger partial charge is 0.454 e. The highest BCUT2D eigenvalue weighted by Crippen LogP contribution is 2.35. The number of likely N-dealkylation sites (N-methyl/N-ethyl adjacent to an activating group) is 1. The van der Waals surface area contributed by atoms with Gasteiger partial charge in [-0.1, -0.05) is 0 Å². The van der Waals surface area contributed by atoms with Crippen LogP contribution in [0.25, 0.3) is 0 Å². The van der Waals surface area contributed by atoms with Crippen LogP contribution in [0.15, 0.2) is 18.2 Å². The van der Waals surface area contributed by atoms with Gasteiger partial charge in [0.15, 0.2) is 6.61 Å². The average Bonchev–Trinajstić information content (AvgIpc) is 2.51. The number of rotatable bonds is 7. The Morgan fingerprint density at radius 2 is 2.00 bits per heavy atom. The molecular formula is C14H16F3N3O5. The van der Waals surface area contributed by atoms with Crippen molar-refractivity contribution in [1.29, 1.82) is 0 Å². The van der Waals surface area contributed by atoms with Crippen molar-refractivity contribution in [1.82, 2.24) is 5.32 Å². The van der Waals surface area contributed by atoms with E-state index in [0.29, 0.717) is 18.7 Å². The Morgan fingerprint density at radius 3 is 2.52 bits per heavy atom. The average molecular weight is 363 g/mol. The van der Waals surface area contributed by atoms with Crippen LogP contribution < -0.4 is 10.6 Å².